The van der Waals surface area contributed by atoms with Crippen LogP contribution in [0.4, 0.5) is 0 Å². The maximum absolute atomic E-state index is 10.9. The molecule has 3 nitrogen and oxygen atoms in total. The zero-order valence-electron chi connectivity index (χ0n) is 9.58. The van der Waals surface area contributed by atoms with Crippen LogP contribution in [0.15, 0.2) is 0 Å². The summed E-state index contributed by atoms with van der Waals surface area (Å²) in [6.07, 6.45) is 2.66. The van der Waals surface area contributed by atoms with E-state index < -0.39 is 9.84 Å². The van der Waals surface area contributed by atoms with Crippen molar-refractivity contribution in [3.8, 4) is 0 Å². The van der Waals surface area contributed by atoms with Gasteiger partial charge in [0.05, 0.1) is 0 Å². The van der Waals surface area contributed by atoms with E-state index in [4.69, 9.17) is 5.11 Å². The lowest BCUT2D eigenvalue weighted by atomic mass is 9.79. The molecular formula is C10H22O3S. The van der Waals surface area contributed by atoms with Crippen molar-refractivity contribution in [2.24, 2.45) is 11.3 Å². The molecule has 0 saturated heterocycles. The smallest absolute Gasteiger partial charge is 0.147 e. The van der Waals surface area contributed by atoms with Crippen LogP contribution >= 0.6 is 0 Å². The lowest BCUT2D eigenvalue weighted by Crippen LogP contribution is -2.24. The normalized spacial score (nSPS) is 15.5. The van der Waals surface area contributed by atoms with Crippen molar-refractivity contribution in [1.82, 2.24) is 0 Å². The molecular weight excluding hydrogens is 200 g/mol. The third kappa shape index (κ3) is 6.38. The van der Waals surface area contributed by atoms with E-state index >= 15 is 0 Å². The van der Waals surface area contributed by atoms with Crippen molar-refractivity contribution in [2.75, 3.05) is 18.6 Å². The number of hydrogen-bond donors (Lipinski definition) is 1. The summed E-state index contributed by atoms with van der Waals surface area (Å²) in [6.45, 7) is 6.32. The molecule has 0 heterocycles. The van der Waals surface area contributed by atoms with E-state index in [1.54, 1.807) is 0 Å². The van der Waals surface area contributed by atoms with Crippen molar-refractivity contribution in [3.05, 3.63) is 0 Å². The molecule has 0 aromatic heterocycles. The minimum atomic E-state index is -2.86. The highest BCUT2D eigenvalue weighted by Gasteiger charge is 2.23. The van der Waals surface area contributed by atoms with Crippen molar-refractivity contribution in [2.45, 2.75) is 33.6 Å². The number of aliphatic hydroxyl groups excluding tert-OH is 1. The van der Waals surface area contributed by atoms with Gasteiger partial charge in [-0.3, -0.25) is 0 Å². The first-order valence-corrected chi connectivity index (χ1v) is 7.01. The lowest BCUT2D eigenvalue weighted by molar-refractivity contribution is 0.123. The molecule has 1 unspecified atom stereocenters. The largest absolute Gasteiger partial charge is 0.396 e. The Balaban J connectivity index is 3.99. The molecule has 0 aliphatic carbocycles. The van der Waals surface area contributed by atoms with Crippen LogP contribution in [0.25, 0.3) is 0 Å². The first-order valence-electron chi connectivity index (χ1n) is 4.95. The van der Waals surface area contributed by atoms with Gasteiger partial charge in [0.2, 0.25) is 0 Å². The van der Waals surface area contributed by atoms with Crippen molar-refractivity contribution < 1.29 is 13.5 Å². The maximum Gasteiger partial charge on any atom is 0.147 e. The van der Waals surface area contributed by atoms with Gasteiger partial charge in [0.1, 0.15) is 9.84 Å². The number of hydrogen-bond acceptors (Lipinski definition) is 3. The van der Waals surface area contributed by atoms with Crippen LogP contribution in [-0.2, 0) is 9.84 Å². The van der Waals surface area contributed by atoms with Gasteiger partial charge < -0.3 is 5.11 Å². The fourth-order valence-electron chi connectivity index (χ4n) is 1.39. The highest BCUT2D eigenvalue weighted by atomic mass is 32.2. The fourth-order valence-corrected chi connectivity index (χ4v) is 2.08. The monoisotopic (exact) mass is 222 g/mol. The van der Waals surface area contributed by atoms with Crippen LogP contribution in [0.5, 0.6) is 0 Å². The molecule has 0 fully saturated rings. The molecule has 86 valence electrons. The van der Waals surface area contributed by atoms with Gasteiger partial charge in [-0.05, 0) is 24.2 Å². The van der Waals surface area contributed by atoms with E-state index in [9.17, 15) is 8.42 Å². The van der Waals surface area contributed by atoms with E-state index in [-0.39, 0.29) is 23.7 Å². The number of sulfone groups is 1. The standard InChI is InChI=1S/C10H22O3S/c1-10(2,3)9(8-11)6-5-7-14(4,12)13/h9,11H,5-8H2,1-4H3. The molecule has 0 aliphatic heterocycles. The summed E-state index contributed by atoms with van der Waals surface area (Å²) in [7, 11) is -2.86. The van der Waals surface area contributed by atoms with E-state index in [0.29, 0.717) is 6.42 Å². The highest BCUT2D eigenvalue weighted by molar-refractivity contribution is 7.90. The Labute approximate surface area is 87.4 Å². The zero-order chi connectivity index (χ0) is 11.4. The Morgan fingerprint density at radius 2 is 1.79 bits per heavy atom. The molecule has 4 heteroatoms. The molecule has 0 spiro atoms. The highest BCUT2D eigenvalue weighted by Crippen LogP contribution is 2.29. The third-order valence-electron chi connectivity index (χ3n) is 2.51. The quantitative estimate of drug-likeness (QED) is 0.766. The molecule has 0 rings (SSSR count). The summed E-state index contributed by atoms with van der Waals surface area (Å²) in [6, 6.07) is 0. The predicted octanol–water partition coefficient (Wildman–Crippen LogP) is 1.47. The van der Waals surface area contributed by atoms with Gasteiger partial charge in [-0.2, -0.15) is 0 Å². The van der Waals surface area contributed by atoms with Crippen LogP contribution in [-0.4, -0.2) is 32.1 Å². The second-order valence-electron chi connectivity index (χ2n) is 5.02. The summed E-state index contributed by atoms with van der Waals surface area (Å²) < 4.78 is 21.8. The van der Waals surface area contributed by atoms with E-state index in [2.05, 4.69) is 20.8 Å². The summed E-state index contributed by atoms with van der Waals surface area (Å²) in [4.78, 5) is 0. The van der Waals surface area contributed by atoms with Gasteiger partial charge in [-0.25, -0.2) is 8.42 Å². The Hall–Kier alpha value is -0.0900. The number of rotatable bonds is 5. The average molecular weight is 222 g/mol. The second-order valence-corrected chi connectivity index (χ2v) is 7.28. The molecule has 0 amide bonds. The molecule has 0 aromatic rings. The predicted molar refractivity (Wildman–Crippen MR) is 59.0 cm³/mol. The molecule has 0 saturated carbocycles. The third-order valence-corrected chi connectivity index (χ3v) is 3.54. The van der Waals surface area contributed by atoms with Gasteiger partial charge >= 0.3 is 0 Å². The molecule has 0 radical (unpaired) electrons. The van der Waals surface area contributed by atoms with Crippen LogP contribution in [0.2, 0.25) is 0 Å². The lowest BCUT2D eigenvalue weighted by Gasteiger charge is -2.28. The van der Waals surface area contributed by atoms with Crippen molar-refractivity contribution in [1.29, 1.82) is 0 Å². The Kier molecular flexibility index (Phi) is 5.09. The Morgan fingerprint density at radius 3 is 2.07 bits per heavy atom. The second kappa shape index (κ2) is 5.12. The molecule has 0 aliphatic rings. The SMILES string of the molecule is CC(C)(C)C(CO)CCCS(C)(=O)=O. The molecule has 0 aromatic carbocycles. The summed E-state index contributed by atoms with van der Waals surface area (Å²) in [5.74, 6) is 0.406. The minimum Gasteiger partial charge on any atom is -0.396 e. The Morgan fingerprint density at radius 1 is 1.29 bits per heavy atom. The van der Waals surface area contributed by atoms with Crippen LogP contribution in [0.3, 0.4) is 0 Å². The van der Waals surface area contributed by atoms with Gasteiger partial charge in [0, 0.05) is 18.6 Å². The summed E-state index contributed by atoms with van der Waals surface area (Å²) in [5.41, 5.74) is 0.0479. The van der Waals surface area contributed by atoms with Crippen LogP contribution < -0.4 is 0 Å². The van der Waals surface area contributed by atoms with E-state index in [0.717, 1.165) is 6.42 Å². The summed E-state index contributed by atoms with van der Waals surface area (Å²) in [5, 5.41) is 9.14. The van der Waals surface area contributed by atoms with Crippen LogP contribution in [0.1, 0.15) is 33.6 Å². The first-order chi connectivity index (χ1) is 6.17. The summed E-state index contributed by atoms with van der Waals surface area (Å²) >= 11 is 0. The maximum atomic E-state index is 10.9. The van der Waals surface area contributed by atoms with Gasteiger partial charge in [-0.15, -0.1) is 0 Å². The fraction of sp³-hybridized carbons (Fsp3) is 1.00. The van der Waals surface area contributed by atoms with Gasteiger partial charge in [0.15, 0.2) is 0 Å². The van der Waals surface area contributed by atoms with E-state index in [1.807, 2.05) is 0 Å². The van der Waals surface area contributed by atoms with E-state index in [1.165, 1.54) is 6.26 Å². The minimum absolute atomic E-state index is 0.0479. The average Bonchev–Trinajstić information content (AvgIpc) is 1.93. The first kappa shape index (κ1) is 13.9. The van der Waals surface area contributed by atoms with Gasteiger partial charge in [0.25, 0.3) is 0 Å². The molecule has 0 bridgehead atoms. The molecule has 1 N–H and O–H groups in total. The topological polar surface area (TPSA) is 54.4 Å². The zero-order valence-corrected chi connectivity index (χ0v) is 10.4. The van der Waals surface area contributed by atoms with Gasteiger partial charge in [-0.1, -0.05) is 20.8 Å². The van der Waals surface area contributed by atoms with Crippen molar-refractivity contribution in [3.63, 3.8) is 0 Å². The molecule has 14 heavy (non-hydrogen) atoms. The molecule has 1 atom stereocenters. The van der Waals surface area contributed by atoms with Crippen LogP contribution in [0, 0.1) is 11.3 Å². The Bertz CT molecular complexity index is 249. The van der Waals surface area contributed by atoms with Crippen molar-refractivity contribution >= 4 is 9.84 Å². The number of aliphatic hydroxyl groups is 1.